The first-order chi connectivity index (χ1) is 12.3. The van der Waals surface area contributed by atoms with Gasteiger partial charge in [-0.05, 0) is 61.7 Å². The fourth-order valence-corrected chi connectivity index (χ4v) is 4.82. The quantitative estimate of drug-likeness (QED) is 0.843. The summed E-state index contributed by atoms with van der Waals surface area (Å²) in [6.45, 7) is 2.03. The Kier molecular flexibility index (Phi) is 5.24. The first-order valence-electron chi connectivity index (χ1n) is 8.44. The van der Waals surface area contributed by atoms with Gasteiger partial charge in [0.25, 0.3) is 10.0 Å². The molecule has 0 atom stereocenters. The van der Waals surface area contributed by atoms with Crippen LogP contribution < -0.4 is 9.62 Å². The Morgan fingerprint density at radius 3 is 2.08 bits per heavy atom. The maximum atomic E-state index is 12.6. The van der Waals surface area contributed by atoms with E-state index in [9.17, 15) is 16.8 Å². The topological polar surface area (TPSA) is 83.5 Å². The maximum absolute atomic E-state index is 12.6. The van der Waals surface area contributed by atoms with Crippen LogP contribution in [0.1, 0.15) is 19.3 Å². The maximum Gasteiger partial charge on any atom is 0.261 e. The monoisotopic (exact) mass is 394 g/mol. The van der Waals surface area contributed by atoms with Crippen LogP contribution in [0.2, 0.25) is 0 Å². The van der Waals surface area contributed by atoms with E-state index in [0.29, 0.717) is 5.69 Å². The Labute approximate surface area is 154 Å². The minimum atomic E-state index is -3.86. The van der Waals surface area contributed by atoms with Gasteiger partial charge in [0, 0.05) is 30.7 Å². The molecule has 0 saturated carbocycles. The average Bonchev–Trinajstić information content (AvgIpc) is 2.62. The smallest absolute Gasteiger partial charge is 0.261 e. The lowest BCUT2D eigenvalue weighted by Gasteiger charge is -2.28. The van der Waals surface area contributed by atoms with E-state index in [4.69, 9.17) is 0 Å². The molecule has 0 aliphatic carbocycles. The third-order valence-corrected chi connectivity index (χ3v) is 6.87. The summed E-state index contributed by atoms with van der Waals surface area (Å²) in [6.07, 6.45) is 4.64. The minimum absolute atomic E-state index is 0.0270. The second-order valence-corrected chi connectivity index (χ2v) is 10.1. The van der Waals surface area contributed by atoms with Gasteiger partial charge in [-0.1, -0.05) is 6.07 Å². The van der Waals surface area contributed by atoms with Crippen molar-refractivity contribution in [2.45, 2.75) is 29.1 Å². The third-order valence-electron chi connectivity index (χ3n) is 4.38. The van der Waals surface area contributed by atoms with E-state index in [1.54, 1.807) is 12.1 Å². The molecule has 1 N–H and O–H groups in total. The van der Waals surface area contributed by atoms with E-state index >= 15 is 0 Å². The van der Waals surface area contributed by atoms with Crippen molar-refractivity contribution in [2.24, 2.45) is 0 Å². The van der Waals surface area contributed by atoms with Gasteiger partial charge in [0.15, 0.2) is 9.84 Å². The predicted octanol–water partition coefficient (Wildman–Crippen LogP) is 2.88. The van der Waals surface area contributed by atoms with Crippen LogP contribution in [0.4, 0.5) is 11.4 Å². The molecule has 1 aliphatic rings. The average molecular weight is 395 g/mol. The fraction of sp³-hybridized carbons (Fsp3) is 0.333. The molecular formula is C18H22N2O4S2. The standard InChI is InChI=1S/C18H22N2O4S2/c1-25(21,22)17-6-5-7-18(14-17)26(23,24)19-15-8-10-16(11-9-15)20-12-3-2-4-13-20/h5-11,14,19H,2-4,12-13H2,1H3. The van der Waals surface area contributed by atoms with Crippen LogP contribution in [-0.4, -0.2) is 36.2 Å². The van der Waals surface area contributed by atoms with E-state index in [1.807, 2.05) is 12.1 Å². The number of hydrogen-bond acceptors (Lipinski definition) is 5. The zero-order chi connectivity index (χ0) is 18.8. The van der Waals surface area contributed by atoms with Gasteiger partial charge in [0.1, 0.15) is 0 Å². The van der Waals surface area contributed by atoms with Gasteiger partial charge in [-0.2, -0.15) is 0 Å². The fourth-order valence-electron chi connectivity index (χ4n) is 2.98. The van der Waals surface area contributed by atoms with Crippen molar-refractivity contribution in [3.05, 3.63) is 48.5 Å². The van der Waals surface area contributed by atoms with Gasteiger partial charge in [-0.15, -0.1) is 0 Å². The van der Waals surface area contributed by atoms with Gasteiger partial charge in [-0.3, -0.25) is 4.72 Å². The summed E-state index contributed by atoms with van der Waals surface area (Å²) in [5, 5.41) is 0. The normalized spacial score (nSPS) is 15.7. The van der Waals surface area contributed by atoms with Crippen LogP contribution >= 0.6 is 0 Å². The number of nitrogens with zero attached hydrogens (tertiary/aromatic N) is 1. The molecule has 1 fully saturated rings. The van der Waals surface area contributed by atoms with Crippen molar-refractivity contribution in [3.63, 3.8) is 0 Å². The lowest BCUT2D eigenvalue weighted by atomic mass is 10.1. The highest BCUT2D eigenvalue weighted by Gasteiger charge is 2.18. The lowest BCUT2D eigenvalue weighted by molar-refractivity contribution is 0.578. The Hall–Kier alpha value is -2.06. The van der Waals surface area contributed by atoms with Crippen molar-refractivity contribution >= 4 is 31.2 Å². The van der Waals surface area contributed by atoms with E-state index in [-0.39, 0.29) is 9.79 Å². The second kappa shape index (κ2) is 7.28. The lowest BCUT2D eigenvalue weighted by Crippen LogP contribution is -2.29. The Morgan fingerprint density at radius 1 is 0.846 bits per heavy atom. The molecule has 0 radical (unpaired) electrons. The second-order valence-electron chi connectivity index (χ2n) is 6.45. The summed E-state index contributed by atoms with van der Waals surface area (Å²) in [4.78, 5) is 2.18. The number of piperidine rings is 1. The predicted molar refractivity (Wildman–Crippen MR) is 103 cm³/mol. The van der Waals surface area contributed by atoms with Gasteiger partial charge in [0.05, 0.1) is 9.79 Å². The molecule has 3 rings (SSSR count). The van der Waals surface area contributed by atoms with Gasteiger partial charge < -0.3 is 4.90 Å². The number of sulfonamides is 1. The minimum Gasteiger partial charge on any atom is -0.372 e. The molecule has 26 heavy (non-hydrogen) atoms. The molecule has 6 nitrogen and oxygen atoms in total. The van der Waals surface area contributed by atoms with Crippen molar-refractivity contribution < 1.29 is 16.8 Å². The highest BCUT2D eigenvalue weighted by molar-refractivity contribution is 7.93. The first kappa shape index (κ1) is 18.7. The SMILES string of the molecule is CS(=O)(=O)c1cccc(S(=O)(=O)Nc2ccc(N3CCCCC3)cc2)c1. The van der Waals surface area contributed by atoms with Crippen molar-refractivity contribution in [1.29, 1.82) is 0 Å². The number of hydrogen-bond donors (Lipinski definition) is 1. The van der Waals surface area contributed by atoms with Crippen molar-refractivity contribution in [2.75, 3.05) is 29.0 Å². The van der Waals surface area contributed by atoms with E-state index in [2.05, 4.69) is 9.62 Å². The van der Waals surface area contributed by atoms with Crippen LogP contribution in [0, 0.1) is 0 Å². The molecule has 0 aromatic heterocycles. The van der Waals surface area contributed by atoms with E-state index in [1.165, 1.54) is 43.5 Å². The van der Waals surface area contributed by atoms with Gasteiger partial charge in [-0.25, -0.2) is 16.8 Å². The summed E-state index contributed by atoms with van der Waals surface area (Å²) in [5.74, 6) is 0. The van der Waals surface area contributed by atoms with E-state index in [0.717, 1.165) is 25.0 Å². The van der Waals surface area contributed by atoms with Crippen LogP contribution in [0.5, 0.6) is 0 Å². The van der Waals surface area contributed by atoms with Gasteiger partial charge >= 0.3 is 0 Å². The van der Waals surface area contributed by atoms with Crippen LogP contribution in [0.15, 0.2) is 58.3 Å². The molecule has 0 amide bonds. The third kappa shape index (κ3) is 4.37. The summed E-state index contributed by atoms with van der Waals surface area (Å²) in [7, 11) is -7.34. The van der Waals surface area contributed by atoms with Crippen LogP contribution in [0.25, 0.3) is 0 Å². The molecular weight excluding hydrogens is 372 g/mol. The largest absolute Gasteiger partial charge is 0.372 e. The zero-order valence-corrected chi connectivity index (χ0v) is 16.2. The molecule has 1 aliphatic heterocycles. The molecule has 2 aromatic rings. The molecule has 1 heterocycles. The van der Waals surface area contributed by atoms with E-state index < -0.39 is 19.9 Å². The first-order valence-corrected chi connectivity index (χ1v) is 11.8. The van der Waals surface area contributed by atoms with Crippen LogP contribution in [-0.2, 0) is 19.9 Å². The highest BCUT2D eigenvalue weighted by Crippen LogP contribution is 2.24. The van der Waals surface area contributed by atoms with Gasteiger partial charge in [0.2, 0.25) is 0 Å². The van der Waals surface area contributed by atoms with Crippen molar-refractivity contribution in [1.82, 2.24) is 0 Å². The van der Waals surface area contributed by atoms with Crippen LogP contribution in [0.3, 0.4) is 0 Å². The Morgan fingerprint density at radius 2 is 1.46 bits per heavy atom. The Balaban J connectivity index is 1.79. The zero-order valence-electron chi connectivity index (χ0n) is 14.6. The molecule has 0 spiro atoms. The molecule has 140 valence electrons. The van der Waals surface area contributed by atoms with Crippen molar-refractivity contribution in [3.8, 4) is 0 Å². The molecule has 1 saturated heterocycles. The number of anilines is 2. The summed E-state index contributed by atoms with van der Waals surface area (Å²) >= 11 is 0. The molecule has 0 unspecified atom stereocenters. The highest BCUT2D eigenvalue weighted by atomic mass is 32.2. The number of nitrogens with one attached hydrogen (secondary N) is 1. The summed E-state index contributed by atoms with van der Waals surface area (Å²) in [5.41, 5.74) is 1.52. The number of benzene rings is 2. The molecule has 2 aromatic carbocycles. The summed E-state index contributed by atoms with van der Waals surface area (Å²) < 4.78 is 50.9. The summed E-state index contributed by atoms with van der Waals surface area (Å²) in [6, 6.07) is 12.6. The molecule has 8 heteroatoms. The molecule has 0 bridgehead atoms. The Bertz CT molecular complexity index is 978. The number of rotatable bonds is 5. The number of sulfone groups is 1.